The highest BCUT2D eigenvalue weighted by atomic mass is 79.9. The van der Waals surface area contributed by atoms with Crippen molar-refractivity contribution in [3.63, 3.8) is 0 Å². The molecule has 2 aromatic carbocycles. The topological polar surface area (TPSA) is 56.5 Å². The molecule has 0 aliphatic rings. The van der Waals surface area contributed by atoms with Crippen molar-refractivity contribution in [2.24, 2.45) is 0 Å². The molecule has 0 radical (unpaired) electrons. The van der Waals surface area contributed by atoms with Gasteiger partial charge in [-0.2, -0.15) is 0 Å². The molecule has 0 saturated heterocycles. The summed E-state index contributed by atoms with van der Waals surface area (Å²) in [7, 11) is 1.56. The number of benzene rings is 2. The first-order valence-corrected chi connectivity index (χ1v) is 7.96. The zero-order valence-electron chi connectivity index (χ0n) is 12.8. The predicted octanol–water partition coefficient (Wildman–Crippen LogP) is 4.46. The largest absolute Gasteiger partial charge is 0.496 e. The quantitative estimate of drug-likeness (QED) is 0.378. The monoisotopic (exact) mass is 384 g/mol. The van der Waals surface area contributed by atoms with E-state index in [4.69, 9.17) is 9.15 Å². The van der Waals surface area contributed by atoms with Crippen LogP contribution in [0.5, 0.6) is 5.75 Å². The van der Waals surface area contributed by atoms with E-state index in [0.29, 0.717) is 16.7 Å². The number of hydrogen-bond donors (Lipinski definition) is 0. The number of para-hydroxylation sites is 1. The zero-order chi connectivity index (χ0) is 17.1. The third kappa shape index (κ3) is 3.31. The van der Waals surface area contributed by atoms with E-state index in [1.165, 1.54) is 6.08 Å². The van der Waals surface area contributed by atoms with Gasteiger partial charge in [-0.15, -0.1) is 0 Å². The van der Waals surface area contributed by atoms with Crippen LogP contribution >= 0.6 is 15.9 Å². The molecule has 24 heavy (non-hydrogen) atoms. The summed E-state index contributed by atoms with van der Waals surface area (Å²) < 4.78 is 11.3. The van der Waals surface area contributed by atoms with Gasteiger partial charge in [0.15, 0.2) is 5.78 Å². The normalized spacial score (nSPS) is 11.1. The van der Waals surface area contributed by atoms with Crippen LogP contribution in [0.4, 0.5) is 0 Å². The van der Waals surface area contributed by atoms with Crippen molar-refractivity contribution in [2.75, 3.05) is 7.11 Å². The highest BCUT2D eigenvalue weighted by Crippen LogP contribution is 2.21. The van der Waals surface area contributed by atoms with Gasteiger partial charge in [-0.05, 0) is 42.5 Å². The number of ether oxygens (including phenoxy) is 1. The first kappa shape index (κ1) is 16.2. The summed E-state index contributed by atoms with van der Waals surface area (Å²) in [6, 6.07) is 14.1. The predicted molar refractivity (Wildman–Crippen MR) is 96.5 cm³/mol. The van der Waals surface area contributed by atoms with Crippen LogP contribution in [0.2, 0.25) is 0 Å². The molecule has 5 heteroatoms. The lowest BCUT2D eigenvalue weighted by Gasteiger charge is -2.03. The average Bonchev–Trinajstić information content (AvgIpc) is 2.59. The minimum absolute atomic E-state index is 0.00764. The van der Waals surface area contributed by atoms with Crippen LogP contribution in [0, 0.1) is 0 Å². The zero-order valence-corrected chi connectivity index (χ0v) is 14.4. The van der Waals surface area contributed by atoms with Gasteiger partial charge in [-0.25, -0.2) is 4.79 Å². The van der Waals surface area contributed by atoms with Crippen molar-refractivity contribution in [3.8, 4) is 5.75 Å². The standard InChI is InChI=1S/C19H13BrO4/c1-23-17-5-3-2-4-12(17)6-8-16(21)15-11-13-10-14(20)7-9-18(13)24-19(15)22/h2-11H,1H3. The lowest BCUT2D eigenvalue weighted by atomic mass is 10.1. The molecule has 0 N–H and O–H groups in total. The van der Waals surface area contributed by atoms with E-state index < -0.39 is 11.4 Å². The Morgan fingerprint density at radius 1 is 1.17 bits per heavy atom. The van der Waals surface area contributed by atoms with Crippen molar-refractivity contribution in [1.82, 2.24) is 0 Å². The van der Waals surface area contributed by atoms with Crippen LogP contribution < -0.4 is 10.4 Å². The Morgan fingerprint density at radius 3 is 2.75 bits per heavy atom. The van der Waals surface area contributed by atoms with Crippen LogP contribution in [-0.4, -0.2) is 12.9 Å². The number of ketones is 1. The molecule has 0 bridgehead atoms. The van der Waals surface area contributed by atoms with Crippen LogP contribution in [0.15, 0.2) is 68.3 Å². The van der Waals surface area contributed by atoms with Crippen LogP contribution in [0.25, 0.3) is 17.0 Å². The third-order valence-electron chi connectivity index (χ3n) is 3.51. The van der Waals surface area contributed by atoms with Gasteiger partial charge >= 0.3 is 5.63 Å². The summed E-state index contributed by atoms with van der Waals surface area (Å²) in [5, 5.41) is 0.679. The Kier molecular flexibility index (Phi) is 4.62. The average molecular weight is 385 g/mol. The van der Waals surface area contributed by atoms with E-state index in [2.05, 4.69) is 15.9 Å². The Bertz CT molecular complexity index is 1000. The lowest BCUT2D eigenvalue weighted by molar-refractivity contribution is 0.104. The number of allylic oxidation sites excluding steroid dienone is 1. The molecule has 0 unspecified atom stereocenters. The Morgan fingerprint density at radius 2 is 1.96 bits per heavy atom. The second-order valence-corrected chi connectivity index (χ2v) is 5.98. The van der Waals surface area contributed by atoms with Gasteiger partial charge in [-0.1, -0.05) is 34.1 Å². The van der Waals surface area contributed by atoms with Gasteiger partial charge in [0.2, 0.25) is 0 Å². The number of rotatable bonds is 4. The molecule has 0 fully saturated rings. The second-order valence-electron chi connectivity index (χ2n) is 5.07. The van der Waals surface area contributed by atoms with Crippen LogP contribution in [0.3, 0.4) is 0 Å². The third-order valence-corrected chi connectivity index (χ3v) is 4.01. The highest BCUT2D eigenvalue weighted by molar-refractivity contribution is 9.10. The summed E-state index contributed by atoms with van der Waals surface area (Å²) in [5.41, 5.74) is 0.529. The minimum atomic E-state index is -0.653. The fourth-order valence-corrected chi connectivity index (χ4v) is 2.70. The molecule has 0 saturated carbocycles. The fourth-order valence-electron chi connectivity index (χ4n) is 2.33. The number of carbonyl (C=O) groups excluding carboxylic acids is 1. The maximum absolute atomic E-state index is 12.4. The first-order valence-electron chi connectivity index (χ1n) is 7.17. The van der Waals surface area contributed by atoms with E-state index in [1.54, 1.807) is 43.5 Å². The molecule has 0 amide bonds. The molecular weight excluding hydrogens is 372 g/mol. The van der Waals surface area contributed by atoms with E-state index in [-0.39, 0.29) is 5.56 Å². The summed E-state index contributed by atoms with van der Waals surface area (Å²) >= 11 is 3.36. The Balaban J connectivity index is 1.98. The summed E-state index contributed by atoms with van der Waals surface area (Å²) in [6.45, 7) is 0. The van der Waals surface area contributed by atoms with Gasteiger partial charge in [0.05, 0.1) is 7.11 Å². The number of hydrogen-bond acceptors (Lipinski definition) is 4. The smallest absolute Gasteiger partial charge is 0.347 e. The lowest BCUT2D eigenvalue weighted by Crippen LogP contribution is -2.11. The molecule has 120 valence electrons. The molecular formula is C19H13BrO4. The molecule has 3 rings (SSSR count). The van der Waals surface area contributed by atoms with Crippen molar-refractivity contribution < 1.29 is 13.9 Å². The van der Waals surface area contributed by atoms with Crippen LogP contribution in [-0.2, 0) is 0 Å². The van der Waals surface area contributed by atoms with Gasteiger partial charge in [0.25, 0.3) is 0 Å². The van der Waals surface area contributed by atoms with E-state index >= 15 is 0 Å². The van der Waals surface area contributed by atoms with Crippen molar-refractivity contribution in [1.29, 1.82) is 0 Å². The number of fused-ring (bicyclic) bond motifs is 1. The van der Waals surface area contributed by atoms with Gasteiger partial charge in [0.1, 0.15) is 16.9 Å². The molecule has 1 heterocycles. The molecule has 0 aliphatic carbocycles. The minimum Gasteiger partial charge on any atom is -0.496 e. The molecule has 3 aromatic rings. The molecule has 0 spiro atoms. The van der Waals surface area contributed by atoms with E-state index in [9.17, 15) is 9.59 Å². The molecule has 0 atom stereocenters. The van der Waals surface area contributed by atoms with Gasteiger partial charge in [-0.3, -0.25) is 4.79 Å². The number of carbonyl (C=O) groups is 1. The molecule has 0 aliphatic heterocycles. The number of methoxy groups -OCH3 is 1. The van der Waals surface area contributed by atoms with Gasteiger partial charge in [0, 0.05) is 15.4 Å². The van der Waals surface area contributed by atoms with Crippen molar-refractivity contribution >= 4 is 38.8 Å². The second kappa shape index (κ2) is 6.84. The van der Waals surface area contributed by atoms with Crippen molar-refractivity contribution in [3.05, 3.63) is 80.6 Å². The first-order chi connectivity index (χ1) is 11.6. The van der Waals surface area contributed by atoms with Crippen LogP contribution in [0.1, 0.15) is 15.9 Å². The maximum atomic E-state index is 12.4. The Hall–Kier alpha value is -2.66. The van der Waals surface area contributed by atoms with Crippen molar-refractivity contribution in [2.45, 2.75) is 0 Å². The summed E-state index contributed by atoms with van der Waals surface area (Å²) in [5.74, 6) is 0.229. The number of halogens is 1. The maximum Gasteiger partial charge on any atom is 0.347 e. The van der Waals surface area contributed by atoms with E-state index in [0.717, 1.165) is 10.0 Å². The fraction of sp³-hybridized carbons (Fsp3) is 0.0526. The SMILES string of the molecule is COc1ccccc1C=CC(=O)c1cc2cc(Br)ccc2oc1=O. The molecule has 4 nitrogen and oxygen atoms in total. The van der Waals surface area contributed by atoms with Gasteiger partial charge < -0.3 is 9.15 Å². The Labute approximate surface area is 146 Å². The van der Waals surface area contributed by atoms with E-state index in [1.807, 2.05) is 18.2 Å². The summed E-state index contributed by atoms with van der Waals surface area (Å²) in [6.07, 6.45) is 2.96. The molecule has 1 aromatic heterocycles. The highest BCUT2D eigenvalue weighted by Gasteiger charge is 2.11. The summed E-state index contributed by atoms with van der Waals surface area (Å²) in [4.78, 5) is 24.4.